The smallest absolute Gasteiger partial charge is 0.0648 e. The van der Waals surface area contributed by atoms with Crippen molar-refractivity contribution in [2.24, 2.45) is 0 Å². The summed E-state index contributed by atoms with van der Waals surface area (Å²) in [6, 6.07) is 6.43. The van der Waals surface area contributed by atoms with Crippen LogP contribution in [0, 0.1) is 6.92 Å². The maximum absolute atomic E-state index is 8.94. The first-order valence-corrected chi connectivity index (χ1v) is 4.19. The minimum absolute atomic E-state index is 0.188. The van der Waals surface area contributed by atoms with Crippen molar-refractivity contribution in [3.8, 4) is 0 Å². The molecule has 1 aliphatic carbocycles. The van der Waals surface area contributed by atoms with E-state index < -0.39 is 0 Å². The van der Waals surface area contributed by atoms with Crippen molar-refractivity contribution in [1.82, 2.24) is 0 Å². The molecule has 0 amide bonds. The molecule has 0 unspecified atom stereocenters. The van der Waals surface area contributed by atoms with E-state index in [1.54, 1.807) is 0 Å². The Labute approximate surface area is 72.4 Å². The highest BCUT2D eigenvalue weighted by Crippen LogP contribution is 2.25. The summed E-state index contributed by atoms with van der Waals surface area (Å²) in [5.74, 6) is 0. The lowest BCUT2D eigenvalue weighted by atomic mass is 10.1. The van der Waals surface area contributed by atoms with Crippen LogP contribution in [0.4, 0.5) is 0 Å². The summed E-state index contributed by atoms with van der Waals surface area (Å²) >= 11 is 0. The molecule has 0 saturated carbocycles. The van der Waals surface area contributed by atoms with E-state index in [2.05, 4.69) is 31.2 Å². The highest BCUT2D eigenvalue weighted by atomic mass is 16.3. The number of benzene rings is 1. The maximum Gasteiger partial charge on any atom is 0.0648 e. The molecule has 0 saturated heterocycles. The fourth-order valence-corrected chi connectivity index (χ4v) is 1.63. The number of hydrogen-bond donors (Lipinski definition) is 1. The van der Waals surface area contributed by atoms with Crippen LogP contribution in [-0.4, -0.2) is 11.7 Å². The fraction of sp³-hybridized carbons (Fsp3) is 0.273. The molecule has 1 aliphatic rings. The van der Waals surface area contributed by atoms with Gasteiger partial charge in [0.25, 0.3) is 0 Å². The van der Waals surface area contributed by atoms with Gasteiger partial charge < -0.3 is 5.11 Å². The zero-order valence-corrected chi connectivity index (χ0v) is 7.17. The van der Waals surface area contributed by atoms with Crippen LogP contribution in [0.2, 0.25) is 0 Å². The summed E-state index contributed by atoms with van der Waals surface area (Å²) in [6.45, 7) is 2.28. The number of aliphatic hydroxyl groups is 1. The molecule has 12 heavy (non-hydrogen) atoms. The van der Waals surface area contributed by atoms with Gasteiger partial charge in [-0.2, -0.15) is 0 Å². The number of aryl methyl sites for hydroxylation is 1. The van der Waals surface area contributed by atoms with E-state index in [4.69, 9.17) is 5.11 Å². The molecule has 0 bridgehead atoms. The molecule has 62 valence electrons. The molecule has 0 radical (unpaired) electrons. The standard InChI is InChI=1S/C11H12O/c1-8-2-3-10-5-9(7-12)6-11(10)4-8/h2-4,6,12H,5,7H2,1H3. The van der Waals surface area contributed by atoms with Crippen molar-refractivity contribution >= 4 is 6.08 Å². The van der Waals surface area contributed by atoms with Crippen molar-refractivity contribution in [3.63, 3.8) is 0 Å². The summed E-state index contributed by atoms with van der Waals surface area (Å²) in [4.78, 5) is 0. The molecule has 0 heterocycles. The van der Waals surface area contributed by atoms with Crippen LogP contribution in [0.3, 0.4) is 0 Å². The van der Waals surface area contributed by atoms with Crippen LogP contribution < -0.4 is 0 Å². The number of rotatable bonds is 1. The Morgan fingerprint density at radius 3 is 3.00 bits per heavy atom. The third kappa shape index (κ3) is 1.16. The third-order valence-electron chi connectivity index (χ3n) is 2.28. The number of hydrogen-bond acceptors (Lipinski definition) is 1. The molecule has 1 aromatic carbocycles. The molecular formula is C11H12O. The minimum Gasteiger partial charge on any atom is -0.392 e. The van der Waals surface area contributed by atoms with Gasteiger partial charge >= 0.3 is 0 Å². The molecule has 0 aromatic heterocycles. The van der Waals surface area contributed by atoms with Gasteiger partial charge in [-0.1, -0.05) is 29.8 Å². The molecule has 0 aliphatic heterocycles. The first kappa shape index (κ1) is 7.56. The highest BCUT2D eigenvalue weighted by Gasteiger charge is 2.10. The molecule has 2 rings (SSSR count). The number of fused-ring (bicyclic) bond motifs is 1. The summed E-state index contributed by atoms with van der Waals surface area (Å²) in [5.41, 5.74) is 5.02. The van der Waals surface area contributed by atoms with Gasteiger partial charge in [0, 0.05) is 0 Å². The van der Waals surface area contributed by atoms with Crippen LogP contribution >= 0.6 is 0 Å². The summed E-state index contributed by atoms with van der Waals surface area (Å²) in [7, 11) is 0. The highest BCUT2D eigenvalue weighted by molar-refractivity contribution is 5.64. The van der Waals surface area contributed by atoms with Gasteiger partial charge in [0.2, 0.25) is 0 Å². The second-order valence-corrected chi connectivity index (χ2v) is 3.34. The van der Waals surface area contributed by atoms with Gasteiger partial charge in [0.1, 0.15) is 0 Å². The maximum atomic E-state index is 8.94. The molecule has 1 nitrogen and oxygen atoms in total. The Balaban J connectivity index is 2.42. The van der Waals surface area contributed by atoms with Gasteiger partial charge in [-0.05, 0) is 30.0 Å². The van der Waals surface area contributed by atoms with Gasteiger partial charge in [0.15, 0.2) is 0 Å². The van der Waals surface area contributed by atoms with Gasteiger partial charge in [-0.3, -0.25) is 0 Å². The van der Waals surface area contributed by atoms with Crippen LogP contribution in [0.25, 0.3) is 6.08 Å². The van der Waals surface area contributed by atoms with E-state index in [1.165, 1.54) is 16.7 Å². The van der Waals surface area contributed by atoms with Crippen molar-refractivity contribution in [2.75, 3.05) is 6.61 Å². The summed E-state index contributed by atoms with van der Waals surface area (Å²) < 4.78 is 0. The first-order chi connectivity index (χ1) is 5.79. The van der Waals surface area contributed by atoms with Gasteiger partial charge in [-0.25, -0.2) is 0 Å². The lowest BCUT2D eigenvalue weighted by Crippen LogP contribution is -1.89. The zero-order chi connectivity index (χ0) is 8.55. The Hall–Kier alpha value is -1.08. The predicted octanol–water partition coefficient (Wildman–Crippen LogP) is 1.93. The Morgan fingerprint density at radius 1 is 1.42 bits per heavy atom. The van der Waals surface area contributed by atoms with Gasteiger partial charge in [-0.15, -0.1) is 0 Å². The van der Waals surface area contributed by atoms with Crippen LogP contribution in [0.5, 0.6) is 0 Å². The first-order valence-electron chi connectivity index (χ1n) is 4.19. The fourth-order valence-electron chi connectivity index (χ4n) is 1.63. The third-order valence-corrected chi connectivity index (χ3v) is 2.28. The van der Waals surface area contributed by atoms with Crippen LogP contribution in [0.15, 0.2) is 23.8 Å². The summed E-state index contributed by atoms with van der Waals surface area (Å²) in [6.07, 6.45) is 3.01. The Kier molecular flexibility index (Phi) is 1.74. The Bertz CT molecular complexity index is 337. The average Bonchev–Trinajstić information content (AvgIpc) is 2.46. The topological polar surface area (TPSA) is 20.2 Å². The monoisotopic (exact) mass is 160 g/mol. The SMILES string of the molecule is Cc1ccc2c(c1)C=C(CO)C2. The van der Waals surface area contributed by atoms with E-state index in [0.717, 1.165) is 12.0 Å². The predicted molar refractivity (Wildman–Crippen MR) is 49.9 cm³/mol. The second kappa shape index (κ2) is 2.76. The molecule has 0 atom stereocenters. The van der Waals surface area contributed by atoms with Crippen molar-refractivity contribution in [1.29, 1.82) is 0 Å². The molecular weight excluding hydrogens is 148 g/mol. The summed E-state index contributed by atoms with van der Waals surface area (Å²) in [5, 5.41) is 8.94. The molecule has 1 heteroatoms. The van der Waals surface area contributed by atoms with E-state index >= 15 is 0 Å². The van der Waals surface area contributed by atoms with Crippen molar-refractivity contribution < 1.29 is 5.11 Å². The molecule has 0 fully saturated rings. The lowest BCUT2D eigenvalue weighted by Gasteiger charge is -1.98. The van der Waals surface area contributed by atoms with E-state index in [0.29, 0.717) is 0 Å². The lowest BCUT2D eigenvalue weighted by molar-refractivity contribution is 0.330. The van der Waals surface area contributed by atoms with Crippen molar-refractivity contribution in [2.45, 2.75) is 13.3 Å². The quantitative estimate of drug-likeness (QED) is 0.665. The largest absolute Gasteiger partial charge is 0.392 e. The van der Waals surface area contributed by atoms with Gasteiger partial charge in [0.05, 0.1) is 6.61 Å². The second-order valence-electron chi connectivity index (χ2n) is 3.34. The molecule has 1 N–H and O–H groups in total. The van der Waals surface area contributed by atoms with Crippen LogP contribution in [0.1, 0.15) is 16.7 Å². The average molecular weight is 160 g/mol. The van der Waals surface area contributed by atoms with Crippen molar-refractivity contribution in [3.05, 3.63) is 40.5 Å². The molecule has 1 aromatic rings. The van der Waals surface area contributed by atoms with Crippen LogP contribution in [-0.2, 0) is 6.42 Å². The zero-order valence-electron chi connectivity index (χ0n) is 7.17. The Morgan fingerprint density at radius 2 is 2.25 bits per heavy atom. The van der Waals surface area contributed by atoms with E-state index in [1.807, 2.05) is 0 Å². The molecule has 0 spiro atoms. The van der Waals surface area contributed by atoms with E-state index in [9.17, 15) is 0 Å². The minimum atomic E-state index is 0.188. The normalized spacial score (nSPS) is 14.3. The van der Waals surface area contributed by atoms with E-state index in [-0.39, 0.29) is 6.61 Å². The number of aliphatic hydroxyl groups excluding tert-OH is 1.